The molecular weight excluding hydrogens is 364 g/mol. The van der Waals surface area contributed by atoms with E-state index in [4.69, 9.17) is 19.2 Å². The van der Waals surface area contributed by atoms with Gasteiger partial charge in [0.15, 0.2) is 0 Å². The molecule has 1 heterocycles. The molecule has 0 saturated carbocycles. The highest BCUT2D eigenvalue weighted by Crippen LogP contribution is 2.30. The maximum Gasteiger partial charge on any atom is 0.145 e. The van der Waals surface area contributed by atoms with E-state index in [1.165, 1.54) is 0 Å². The standard InChI is InChI=1S/C24H22N2O3/c1-27-20-10-4-17(5-11-20)23-16-26(19-8-14-22(29-3)15-9-19)24(25-23)18-6-12-21(28-2)13-7-18/h4-16H,1-3H3. The molecule has 5 nitrogen and oxygen atoms in total. The monoisotopic (exact) mass is 386 g/mol. The van der Waals surface area contributed by atoms with Gasteiger partial charge in [-0.2, -0.15) is 0 Å². The molecule has 0 unspecified atom stereocenters. The highest BCUT2D eigenvalue weighted by molar-refractivity contribution is 5.68. The Hall–Kier alpha value is -3.73. The van der Waals surface area contributed by atoms with Gasteiger partial charge in [0.2, 0.25) is 0 Å². The summed E-state index contributed by atoms with van der Waals surface area (Å²) in [6.07, 6.45) is 2.04. The van der Waals surface area contributed by atoms with Crippen molar-refractivity contribution in [2.75, 3.05) is 21.3 Å². The molecular formula is C24H22N2O3. The number of aromatic nitrogens is 2. The van der Waals surface area contributed by atoms with Crippen molar-refractivity contribution in [1.82, 2.24) is 9.55 Å². The highest BCUT2D eigenvalue weighted by Gasteiger charge is 2.14. The minimum atomic E-state index is 0.812. The minimum absolute atomic E-state index is 0.812. The first-order valence-electron chi connectivity index (χ1n) is 9.24. The van der Waals surface area contributed by atoms with E-state index in [0.29, 0.717) is 0 Å². The SMILES string of the molecule is COc1ccc(-c2cn(-c3ccc(OC)cc3)c(-c3ccc(OC)cc3)n2)cc1. The van der Waals surface area contributed by atoms with Crippen molar-refractivity contribution in [2.45, 2.75) is 0 Å². The molecule has 0 atom stereocenters. The van der Waals surface area contributed by atoms with Crippen LogP contribution in [0, 0.1) is 0 Å². The Morgan fingerprint density at radius 1 is 0.586 bits per heavy atom. The molecule has 0 radical (unpaired) electrons. The number of hydrogen-bond acceptors (Lipinski definition) is 4. The zero-order chi connectivity index (χ0) is 20.2. The predicted molar refractivity (Wildman–Crippen MR) is 114 cm³/mol. The van der Waals surface area contributed by atoms with Crippen molar-refractivity contribution < 1.29 is 14.2 Å². The fourth-order valence-electron chi connectivity index (χ4n) is 3.16. The summed E-state index contributed by atoms with van der Waals surface area (Å²) in [7, 11) is 4.99. The zero-order valence-corrected chi connectivity index (χ0v) is 16.6. The van der Waals surface area contributed by atoms with E-state index in [1.54, 1.807) is 21.3 Å². The van der Waals surface area contributed by atoms with Crippen LogP contribution in [0.1, 0.15) is 0 Å². The molecule has 29 heavy (non-hydrogen) atoms. The van der Waals surface area contributed by atoms with Crippen molar-refractivity contribution in [2.24, 2.45) is 0 Å². The van der Waals surface area contributed by atoms with Gasteiger partial charge in [-0.25, -0.2) is 4.98 Å². The first-order valence-corrected chi connectivity index (χ1v) is 9.24. The number of nitrogens with zero attached hydrogens (tertiary/aromatic N) is 2. The van der Waals surface area contributed by atoms with E-state index in [1.807, 2.05) is 79.0 Å². The van der Waals surface area contributed by atoms with Gasteiger partial charge in [0, 0.05) is 23.0 Å². The van der Waals surface area contributed by atoms with Crippen LogP contribution < -0.4 is 14.2 Å². The van der Waals surface area contributed by atoms with Crippen LogP contribution in [-0.4, -0.2) is 30.9 Å². The Morgan fingerprint density at radius 3 is 1.52 bits per heavy atom. The Balaban J connectivity index is 1.82. The van der Waals surface area contributed by atoms with Crippen LogP contribution in [-0.2, 0) is 0 Å². The number of imidazole rings is 1. The van der Waals surface area contributed by atoms with Crippen molar-refractivity contribution in [1.29, 1.82) is 0 Å². The van der Waals surface area contributed by atoms with E-state index in [9.17, 15) is 0 Å². The second-order valence-corrected chi connectivity index (χ2v) is 6.47. The van der Waals surface area contributed by atoms with E-state index in [-0.39, 0.29) is 0 Å². The van der Waals surface area contributed by atoms with E-state index < -0.39 is 0 Å². The normalized spacial score (nSPS) is 10.6. The maximum atomic E-state index is 5.29. The van der Waals surface area contributed by atoms with Crippen LogP contribution in [0.25, 0.3) is 28.3 Å². The fourth-order valence-corrected chi connectivity index (χ4v) is 3.16. The molecule has 0 fully saturated rings. The molecule has 4 aromatic rings. The van der Waals surface area contributed by atoms with Gasteiger partial charge in [0.05, 0.1) is 27.0 Å². The molecule has 0 aliphatic rings. The summed E-state index contributed by atoms with van der Waals surface area (Å²) in [5.74, 6) is 3.30. The van der Waals surface area contributed by atoms with Crippen molar-refractivity contribution in [3.05, 3.63) is 79.0 Å². The summed E-state index contributed by atoms with van der Waals surface area (Å²) < 4.78 is 17.9. The third kappa shape index (κ3) is 3.80. The third-order valence-electron chi connectivity index (χ3n) is 4.79. The van der Waals surface area contributed by atoms with Crippen LogP contribution in [0.3, 0.4) is 0 Å². The van der Waals surface area contributed by atoms with Gasteiger partial charge in [0.1, 0.15) is 23.1 Å². The van der Waals surface area contributed by atoms with Crippen molar-refractivity contribution in [3.63, 3.8) is 0 Å². The van der Waals surface area contributed by atoms with Gasteiger partial charge in [-0.05, 0) is 72.8 Å². The second kappa shape index (κ2) is 8.10. The fraction of sp³-hybridized carbons (Fsp3) is 0.125. The summed E-state index contributed by atoms with van der Waals surface area (Å²) in [6, 6.07) is 23.7. The average Bonchev–Trinajstić information content (AvgIpc) is 3.24. The largest absolute Gasteiger partial charge is 0.497 e. The summed E-state index contributed by atoms with van der Waals surface area (Å²) in [5, 5.41) is 0. The number of ether oxygens (including phenoxy) is 3. The van der Waals surface area contributed by atoms with Crippen LogP contribution in [0.5, 0.6) is 17.2 Å². The van der Waals surface area contributed by atoms with Crippen LogP contribution >= 0.6 is 0 Å². The lowest BCUT2D eigenvalue weighted by Crippen LogP contribution is -1.96. The molecule has 0 amide bonds. The Labute approximate surface area is 170 Å². The van der Waals surface area contributed by atoms with E-state index >= 15 is 0 Å². The van der Waals surface area contributed by atoms with Gasteiger partial charge in [-0.15, -0.1) is 0 Å². The topological polar surface area (TPSA) is 45.5 Å². The van der Waals surface area contributed by atoms with Crippen LogP contribution in [0.2, 0.25) is 0 Å². The van der Waals surface area contributed by atoms with Gasteiger partial charge in [-0.3, -0.25) is 4.57 Å². The Bertz CT molecular complexity index is 1020. The number of methoxy groups -OCH3 is 3. The predicted octanol–water partition coefficient (Wildman–Crippen LogP) is 5.23. The molecule has 0 bridgehead atoms. The van der Waals surface area contributed by atoms with Crippen molar-refractivity contribution >= 4 is 0 Å². The number of rotatable bonds is 6. The Morgan fingerprint density at radius 2 is 1.03 bits per heavy atom. The summed E-state index contributed by atoms with van der Waals surface area (Å²) in [4.78, 5) is 4.93. The molecule has 1 aromatic heterocycles. The first kappa shape index (κ1) is 18.6. The molecule has 146 valence electrons. The van der Waals surface area contributed by atoms with E-state index in [0.717, 1.165) is 45.6 Å². The summed E-state index contributed by atoms with van der Waals surface area (Å²) in [6.45, 7) is 0. The maximum absolute atomic E-state index is 5.29. The average molecular weight is 386 g/mol. The molecule has 3 aromatic carbocycles. The molecule has 5 heteroatoms. The zero-order valence-electron chi connectivity index (χ0n) is 16.6. The van der Waals surface area contributed by atoms with Crippen LogP contribution in [0.15, 0.2) is 79.0 Å². The summed E-state index contributed by atoms with van der Waals surface area (Å²) in [5.41, 5.74) is 3.91. The van der Waals surface area contributed by atoms with Gasteiger partial charge in [0.25, 0.3) is 0 Å². The first-order chi connectivity index (χ1) is 14.2. The molecule has 0 saturated heterocycles. The third-order valence-corrected chi connectivity index (χ3v) is 4.79. The molecule has 0 aliphatic carbocycles. The minimum Gasteiger partial charge on any atom is -0.497 e. The number of benzene rings is 3. The second-order valence-electron chi connectivity index (χ2n) is 6.47. The van der Waals surface area contributed by atoms with Crippen LogP contribution in [0.4, 0.5) is 0 Å². The van der Waals surface area contributed by atoms with Crippen molar-refractivity contribution in [3.8, 4) is 45.6 Å². The van der Waals surface area contributed by atoms with E-state index in [2.05, 4.69) is 4.57 Å². The smallest absolute Gasteiger partial charge is 0.145 e. The number of hydrogen-bond donors (Lipinski definition) is 0. The van der Waals surface area contributed by atoms with Gasteiger partial charge >= 0.3 is 0 Å². The molecule has 4 rings (SSSR count). The quantitative estimate of drug-likeness (QED) is 0.455. The molecule has 0 aliphatic heterocycles. The Kier molecular flexibility index (Phi) is 5.20. The lowest BCUT2D eigenvalue weighted by Gasteiger charge is -2.09. The lowest BCUT2D eigenvalue weighted by atomic mass is 10.1. The van der Waals surface area contributed by atoms with Gasteiger partial charge < -0.3 is 14.2 Å². The lowest BCUT2D eigenvalue weighted by molar-refractivity contribution is 0.414. The highest BCUT2D eigenvalue weighted by atomic mass is 16.5. The molecule has 0 N–H and O–H groups in total. The van der Waals surface area contributed by atoms with Gasteiger partial charge in [-0.1, -0.05) is 0 Å². The molecule has 0 spiro atoms. The summed E-state index contributed by atoms with van der Waals surface area (Å²) >= 11 is 0.